The minimum Gasteiger partial charge on any atom is -0.399 e. The van der Waals surface area contributed by atoms with E-state index in [0.29, 0.717) is 0 Å². The van der Waals surface area contributed by atoms with Crippen molar-refractivity contribution in [2.75, 3.05) is 55.6 Å². The number of nitrogen functional groups attached to an aromatic ring is 1. The highest BCUT2D eigenvalue weighted by atomic mass is 32.3. The number of aromatic nitrogens is 2. The largest absolute Gasteiger partial charge is 0.399 e. The molecule has 220 valence electrons. The van der Waals surface area contributed by atoms with Crippen molar-refractivity contribution in [2.24, 2.45) is 0 Å². The number of hydrogen-bond donors (Lipinski definition) is 2. The van der Waals surface area contributed by atoms with Gasteiger partial charge < -0.3 is 20.5 Å². The highest BCUT2D eigenvalue weighted by Gasteiger charge is 2.41. The number of nitrogens with zero attached hydrogens (tertiary/aromatic N) is 3. The summed E-state index contributed by atoms with van der Waals surface area (Å²) in [4.78, 5) is 12.2. The van der Waals surface area contributed by atoms with Gasteiger partial charge in [-0.1, -0.05) is 41.5 Å². The van der Waals surface area contributed by atoms with Crippen LogP contribution in [0.3, 0.4) is 0 Å². The summed E-state index contributed by atoms with van der Waals surface area (Å²) in [5.74, 6) is 2.69. The molecule has 8 heteroatoms. The Morgan fingerprint density at radius 1 is 1.00 bits per heavy atom. The molecule has 0 atom stereocenters. The molecular formula is C31H52N4O2S2. The van der Waals surface area contributed by atoms with Crippen molar-refractivity contribution in [2.45, 2.75) is 87.7 Å². The van der Waals surface area contributed by atoms with Crippen LogP contribution >= 0.6 is 21.8 Å². The van der Waals surface area contributed by atoms with Gasteiger partial charge >= 0.3 is 0 Å². The van der Waals surface area contributed by atoms with Crippen molar-refractivity contribution < 1.29 is 9.84 Å². The summed E-state index contributed by atoms with van der Waals surface area (Å²) in [5.41, 5.74) is 8.70. The minimum atomic E-state index is -0.389. The zero-order valence-electron chi connectivity index (χ0n) is 25.3. The molecule has 6 nitrogen and oxygen atoms in total. The second-order valence-corrected chi connectivity index (χ2v) is 18.2. The third kappa shape index (κ3) is 7.84. The maximum Gasteiger partial charge on any atom is 0.161 e. The third-order valence-electron chi connectivity index (χ3n) is 8.57. The predicted molar refractivity (Wildman–Crippen MR) is 174 cm³/mol. The van der Waals surface area contributed by atoms with Crippen LogP contribution in [0.15, 0.2) is 30.3 Å². The molecule has 0 bridgehead atoms. The van der Waals surface area contributed by atoms with E-state index >= 15 is 0 Å². The molecule has 0 unspecified atom stereocenters. The van der Waals surface area contributed by atoms with Crippen LogP contribution in [0.5, 0.6) is 0 Å². The third-order valence-corrected chi connectivity index (χ3v) is 16.3. The molecule has 1 aromatic heterocycles. The van der Waals surface area contributed by atoms with E-state index in [-0.39, 0.29) is 21.4 Å². The van der Waals surface area contributed by atoms with E-state index in [2.05, 4.69) is 58.8 Å². The molecular weight excluding hydrogens is 525 g/mol. The smallest absolute Gasteiger partial charge is 0.161 e. The molecule has 1 saturated carbocycles. The fourth-order valence-corrected chi connectivity index (χ4v) is 10.1. The van der Waals surface area contributed by atoms with E-state index in [4.69, 9.17) is 20.4 Å². The highest BCUT2D eigenvalue weighted by Crippen LogP contribution is 2.57. The van der Waals surface area contributed by atoms with Crippen molar-refractivity contribution in [3.63, 3.8) is 0 Å². The SMILES string of the molecule is CC(C)S(C)(C(C)C)C(C)C.Nc1ccc(-c2nc(N3CCOCC3)cc(C3(SCCCO)CCC3)n2)cc1. The molecule has 1 aliphatic heterocycles. The lowest BCUT2D eigenvalue weighted by atomic mass is 9.81. The average molecular weight is 577 g/mol. The van der Waals surface area contributed by atoms with Crippen molar-refractivity contribution >= 4 is 33.3 Å². The van der Waals surface area contributed by atoms with E-state index in [1.165, 1.54) is 6.42 Å². The number of ether oxygens (including phenoxy) is 1. The number of rotatable bonds is 10. The quantitative estimate of drug-likeness (QED) is 0.240. The summed E-state index contributed by atoms with van der Waals surface area (Å²) < 4.78 is 5.56. The summed E-state index contributed by atoms with van der Waals surface area (Å²) in [6.45, 7) is 17.6. The highest BCUT2D eigenvalue weighted by molar-refractivity contribution is 8.34. The van der Waals surface area contributed by atoms with Crippen LogP contribution in [-0.2, 0) is 9.48 Å². The second kappa shape index (κ2) is 14.4. The zero-order chi connectivity index (χ0) is 28.6. The Hall–Kier alpha value is -1.48. The van der Waals surface area contributed by atoms with Crippen LogP contribution in [0, 0.1) is 0 Å². The van der Waals surface area contributed by atoms with Crippen molar-refractivity contribution in [1.29, 1.82) is 0 Å². The molecule has 0 amide bonds. The lowest BCUT2D eigenvalue weighted by molar-refractivity contribution is 0.122. The van der Waals surface area contributed by atoms with Gasteiger partial charge in [-0.15, -0.1) is 11.8 Å². The van der Waals surface area contributed by atoms with E-state index in [1.54, 1.807) is 0 Å². The first-order valence-electron chi connectivity index (χ1n) is 14.6. The zero-order valence-corrected chi connectivity index (χ0v) is 26.9. The van der Waals surface area contributed by atoms with Crippen LogP contribution in [0.4, 0.5) is 11.5 Å². The summed E-state index contributed by atoms with van der Waals surface area (Å²) in [6, 6.07) is 9.95. The summed E-state index contributed by atoms with van der Waals surface area (Å²) in [7, 11) is -0.389. The van der Waals surface area contributed by atoms with E-state index < -0.39 is 0 Å². The Morgan fingerprint density at radius 3 is 2.05 bits per heavy atom. The van der Waals surface area contributed by atoms with Gasteiger partial charge in [0, 0.05) is 37.0 Å². The first-order chi connectivity index (χ1) is 18.5. The first kappa shape index (κ1) is 32.0. The molecule has 1 aliphatic carbocycles. The second-order valence-electron chi connectivity index (χ2n) is 11.7. The maximum atomic E-state index is 9.19. The Kier molecular flexibility index (Phi) is 11.8. The van der Waals surface area contributed by atoms with Gasteiger partial charge in [-0.2, -0.15) is 0 Å². The number of anilines is 2. The lowest BCUT2D eigenvalue weighted by Gasteiger charge is -2.48. The summed E-state index contributed by atoms with van der Waals surface area (Å²) >= 11 is 1.94. The lowest BCUT2D eigenvalue weighted by Crippen LogP contribution is -2.38. The maximum absolute atomic E-state index is 9.19. The molecule has 2 aliphatic rings. The molecule has 0 spiro atoms. The molecule has 2 fully saturated rings. The van der Waals surface area contributed by atoms with Crippen LogP contribution < -0.4 is 10.6 Å². The number of aliphatic hydroxyl groups is 1. The number of aliphatic hydroxyl groups excluding tert-OH is 1. The predicted octanol–water partition coefficient (Wildman–Crippen LogP) is 6.70. The fraction of sp³-hybridized carbons (Fsp3) is 0.677. The van der Waals surface area contributed by atoms with Gasteiger partial charge in [0.2, 0.25) is 0 Å². The molecule has 1 aromatic carbocycles. The Balaban J connectivity index is 0.000000325. The van der Waals surface area contributed by atoms with E-state index in [9.17, 15) is 5.11 Å². The van der Waals surface area contributed by atoms with Crippen molar-refractivity contribution in [1.82, 2.24) is 9.97 Å². The van der Waals surface area contributed by atoms with Gasteiger partial charge in [0.05, 0.1) is 23.7 Å². The standard InChI is InChI=1S/C21H28N4O2S.C10H24S/c22-17-5-3-16(4-6-17)20-23-18(21(7-1-8-21)28-14-2-11-26)15-19(24-20)25-9-12-27-13-10-25;1-8(2)11(7,9(3)4)10(5)6/h3-6,15,26H,1-2,7-14,22H2;8-10H,1-7H3. The van der Waals surface area contributed by atoms with Crippen LogP contribution in [0.2, 0.25) is 0 Å². The Morgan fingerprint density at radius 2 is 1.59 bits per heavy atom. The van der Waals surface area contributed by atoms with Crippen molar-refractivity contribution in [3.05, 3.63) is 36.0 Å². The van der Waals surface area contributed by atoms with Gasteiger partial charge in [0.15, 0.2) is 5.82 Å². The molecule has 0 radical (unpaired) electrons. The molecule has 4 rings (SSSR count). The van der Waals surface area contributed by atoms with Gasteiger partial charge in [0.25, 0.3) is 0 Å². The first-order valence-corrected chi connectivity index (χ1v) is 17.8. The van der Waals surface area contributed by atoms with Gasteiger partial charge in [-0.05, 0) is 77.7 Å². The summed E-state index contributed by atoms with van der Waals surface area (Å²) in [5, 5.41) is 11.8. The van der Waals surface area contributed by atoms with Crippen molar-refractivity contribution in [3.8, 4) is 11.4 Å². The topological polar surface area (TPSA) is 84.5 Å². The van der Waals surface area contributed by atoms with E-state index in [1.807, 2.05) is 36.0 Å². The minimum absolute atomic E-state index is 0.0434. The van der Waals surface area contributed by atoms with Crippen LogP contribution in [0.25, 0.3) is 11.4 Å². The van der Waals surface area contributed by atoms with Gasteiger partial charge in [-0.3, -0.25) is 0 Å². The van der Waals surface area contributed by atoms with Crippen LogP contribution in [0.1, 0.15) is 72.9 Å². The van der Waals surface area contributed by atoms with Gasteiger partial charge in [0.1, 0.15) is 5.82 Å². The van der Waals surface area contributed by atoms with E-state index in [0.717, 1.165) is 95.7 Å². The normalized spacial score (nSPS) is 17.7. The number of thioether (sulfide) groups is 1. The van der Waals surface area contributed by atoms with Gasteiger partial charge in [-0.25, -0.2) is 20.0 Å². The Bertz CT molecular complexity index is 998. The molecule has 1 saturated heterocycles. The molecule has 2 heterocycles. The molecule has 39 heavy (non-hydrogen) atoms. The number of benzene rings is 1. The number of nitrogens with two attached hydrogens (primary N) is 1. The monoisotopic (exact) mass is 576 g/mol. The molecule has 2 aromatic rings. The average Bonchev–Trinajstić information content (AvgIpc) is 2.90. The fourth-order valence-electron chi connectivity index (χ4n) is 5.32. The number of morpholine rings is 1. The Labute approximate surface area is 243 Å². The van der Waals surface area contributed by atoms with Crippen LogP contribution in [-0.4, -0.2) is 75.7 Å². The summed E-state index contributed by atoms with van der Waals surface area (Å²) in [6.07, 6.45) is 6.79. The molecule has 3 N–H and O–H groups in total. The number of hydrogen-bond acceptors (Lipinski definition) is 7.